The van der Waals surface area contributed by atoms with Crippen LogP contribution in [0.3, 0.4) is 0 Å². The SMILES string of the molecule is CCC(C)[C@H](NC(=O)[C@H](N)Cc1ccc(F)cc1)C(=O)N[C@H](B(O)O)c1ccccc1. The number of hydrogen-bond donors (Lipinski definition) is 5. The number of hydrogen-bond acceptors (Lipinski definition) is 5. The molecule has 0 aliphatic rings. The molecule has 2 aromatic rings. The molecule has 9 heteroatoms. The van der Waals surface area contributed by atoms with Gasteiger partial charge in [0.1, 0.15) is 11.9 Å². The van der Waals surface area contributed by atoms with Crippen molar-refractivity contribution >= 4 is 18.9 Å². The summed E-state index contributed by atoms with van der Waals surface area (Å²) in [7, 11) is -1.82. The molecule has 0 heterocycles. The third-order valence-corrected chi connectivity index (χ3v) is 5.25. The van der Waals surface area contributed by atoms with E-state index in [1.54, 1.807) is 42.5 Å². The average Bonchev–Trinajstić information content (AvgIpc) is 2.76. The quantitative estimate of drug-likeness (QED) is 0.362. The van der Waals surface area contributed by atoms with Crippen LogP contribution in [0.1, 0.15) is 37.3 Å². The number of carbonyl (C=O) groups is 2. The molecule has 31 heavy (non-hydrogen) atoms. The van der Waals surface area contributed by atoms with Gasteiger partial charge in [-0.1, -0.05) is 62.7 Å². The van der Waals surface area contributed by atoms with Gasteiger partial charge in [0.05, 0.1) is 12.0 Å². The van der Waals surface area contributed by atoms with Gasteiger partial charge in [0, 0.05) is 0 Å². The van der Waals surface area contributed by atoms with Gasteiger partial charge in [-0.25, -0.2) is 4.39 Å². The highest BCUT2D eigenvalue weighted by Gasteiger charge is 2.33. The maximum atomic E-state index is 13.1. The summed E-state index contributed by atoms with van der Waals surface area (Å²) in [4.78, 5) is 25.6. The van der Waals surface area contributed by atoms with Crippen molar-refractivity contribution < 1.29 is 24.0 Å². The van der Waals surface area contributed by atoms with Crippen LogP contribution in [0.5, 0.6) is 0 Å². The molecule has 0 fully saturated rings. The number of amides is 2. The number of nitrogens with one attached hydrogen (secondary N) is 2. The predicted octanol–water partition coefficient (Wildman–Crippen LogP) is 1.10. The first-order chi connectivity index (χ1) is 14.7. The van der Waals surface area contributed by atoms with Gasteiger partial charge >= 0.3 is 7.12 Å². The first-order valence-corrected chi connectivity index (χ1v) is 10.2. The molecule has 0 spiro atoms. The monoisotopic (exact) mass is 429 g/mol. The highest BCUT2D eigenvalue weighted by molar-refractivity contribution is 6.43. The van der Waals surface area contributed by atoms with Crippen LogP contribution in [-0.2, 0) is 16.0 Å². The molecule has 0 aromatic heterocycles. The Hall–Kier alpha value is -2.75. The van der Waals surface area contributed by atoms with Crippen LogP contribution in [-0.4, -0.2) is 41.1 Å². The van der Waals surface area contributed by atoms with Crippen molar-refractivity contribution in [1.29, 1.82) is 0 Å². The summed E-state index contributed by atoms with van der Waals surface area (Å²) in [5, 5.41) is 24.8. The zero-order valence-corrected chi connectivity index (χ0v) is 17.7. The Morgan fingerprint density at radius 1 is 1.03 bits per heavy atom. The van der Waals surface area contributed by atoms with Crippen molar-refractivity contribution in [2.24, 2.45) is 11.7 Å². The Labute approximate surface area is 182 Å². The smallest absolute Gasteiger partial charge is 0.426 e. The second-order valence-electron chi connectivity index (χ2n) is 7.62. The minimum Gasteiger partial charge on any atom is -0.426 e. The highest BCUT2D eigenvalue weighted by Crippen LogP contribution is 2.16. The van der Waals surface area contributed by atoms with E-state index in [-0.39, 0.29) is 18.2 Å². The maximum Gasteiger partial charge on any atom is 0.480 e. The molecule has 0 aliphatic carbocycles. The molecular weight excluding hydrogens is 400 g/mol. The summed E-state index contributed by atoms with van der Waals surface area (Å²) < 4.78 is 13.1. The van der Waals surface area contributed by atoms with Crippen molar-refractivity contribution in [3.05, 3.63) is 71.5 Å². The Kier molecular flexibility index (Phi) is 9.17. The van der Waals surface area contributed by atoms with Gasteiger partial charge in [-0.2, -0.15) is 0 Å². The third kappa shape index (κ3) is 7.17. The molecule has 0 aliphatic heterocycles. The standard InChI is InChI=1S/C22H29BFN3O4/c1-3-14(2)19(22(29)27-20(23(30)31)16-7-5-4-6-8-16)26-21(28)18(25)13-15-9-11-17(24)12-10-15/h4-12,14,18-20,30-31H,3,13,25H2,1-2H3,(H,26,28)(H,27,29)/t14?,18-,19+,20+/m1/s1. The van der Waals surface area contributed by atoms with Crippen LogP contribution < -0.4 is 16.4 Å². The summed E-state index contributed by atoms with van der Waals surface area (Å²) in [6.45, 7) is 3.69. The van der Waals surface area contributed by atoms with Gasteiger partial charge in [-0.3, -0.25) is 9.59 Å². The highest BCUT2D eigenvalue weighted by atomic mass is 19.1. The fraction of sp³-hybridized carbons (Fsp3) is 0.364. The van der Waals surface area contributed by atoms with E-state index in [2.05, 4.69) is 10.6 Å². The molecule has 166 valence electrons. The lowest BCUT2D eigenvalue weighted by atomic mass is 9.75. The van der Waals surface area contributed by atoms with Crippen LogP contribution >= 0.6 is 0 Å². The maximum absolute atomic E-state index is 13.1. The van der Waals surface area contributed by atoms with Gasteiger partial charge in [0.25, 0.3) is 0 Å². The number of benzene rings is 2. The normalized spacial score (nSPS) is 14.8. The lowest BCUT2D eigenvalue weighted by Gasteiger charge is -2.27. The third-order valence-electron chi connectivity index (χ3n) is 5.25. The number of carbonyl (C=O) groups excluding carboxylic acids is 2. The van der Waals surface area contributed by atoms with Crippen LogP contribution in [0.15, 0.2) is 54.6 Å². The fourth-order valence-electron chi connectivity index (χ4n) is 3.16. The second-order valence-corrected chi connectivity index (χ2v) is 7.62. The molecule has 0 saturated heterocycles. The zero-order chi connectivity index (χ0) is 23.0. The van der Waals surface area contributed by atoms with Crippen molar-refractivity contribution in [3.8, 4) is 0 Å². The Bertz CT molecular complexity index is 852. The fourth-order valence-corrected chi connectivity index (χ4v) is 3.16. The molecule has 4 atom stereocenters. The Balaban J connectivity index is 2.09. The lowest BCUT2D eigenvalue weighted by molar-refractivity contribution is -0.131. The van der Waals surface area contributed by atoms with Crippen molar-refractivity contribution in [2.75, 3.05) is 0 Å². The topological polar surface area (TPSA) is 125 Å². The predicted molar refractivity (Wildman–Crippen MR) is 117 cm³/mol. The van der Waals surface area contributed by atoms with Crippen molar-refractivity contribution in [1.82, 2.24) is 10.6 Å². The first-order valence-electron chi connectivity index (χ1n) is 10.2. The van der Waals surface area contributed by atoms with E-state index in [0.717, 1.165) is 0 Å². The molecule has 7 nitrogen and oxygen atoms in total. The van der Waals surface area contributed by atoms with E-state index in [1.807, 2.05) is 13.8 Å². The van der Waals surface area contributed by atoms with Gasteiger partial charge in [0.2, 0.25) is 11.8 Å². The molecular formula is C22H29BFN3O4. The summed E-state index contributed by atoms with van der Waals surface area (Å²) in [5.74, 6) is -2.72. The van der Waals surface area contributed by atoms with Crippen molar-refractivity contribution in [2.45, 2.75) is 44.7 Å². The average molecular weight is 429 g/mol. The molecule has 0 radical (unpaired) electrons. The molecule has 0 bridgehead atoms. The first kappa shape index (κ1) is 24.5. The summed E-state index contributed by atoms with van der Waals surface area (Å²) in [6.07, 6.45) is 0.784. The van der Waals surface area contributed by atoms with Crippen LogP contribution in [0.4, 0.5) is 4.39 Å². The lowest BCUT2D eigenvalue weighted by Crippen LogP contribution is -2.56. The van der Waals surface area contributed by atoms with Gasteiger partial charge < -0.3 is 26.4 Å². The largest absolute Gasteiger partial charge is 0.480 e. The molecule has 2 aromatic carbocycles. The molecule has 0 saturated carbocycles. The van der Waals surface area contributed by atoms with E-state index in [9.17, 15) is 24.0 Å². The molecule has 6 N–H and O–H groups in total. The van der Waals surface area contributed by atoms with Crippen molar-refractivity contribution in [3.63, 3.8) is 0 Å². The number of halogens is 1. The van der Waals surface area contributed by atoms with Gasteiger partial charge in [0.15, 0.2) is 0 Å². The summed E-state index contributed by atoms with van der Waals surface area (Å²) in [6, 6.07) is 12.4. The van der Waals surface area contributed by atoms with Gasteiger partial charge in [-0.05, 0) is 35.6 Å². The Morgan fingerprint density at radius 3 is 2.19 bits per heavy atom. The number of rotatable bonds is 10. The molecule has 2 amide bonds. The van der Waals surface area contributed by atoms with Crippen LogP contribution in [0.25, 0.3) is 0 Å². The van der Waals surface area contributed by atoms with Crippen LogP contribution in [0.2, 0.25) is 0 Å². The number of nitrogens with two attached hydrogens (primary N) is 1. The van der Waals surface area contributed by atoms with E-state index in [0.29, 0.717) is 17.5 Å². The minimum absolute atomic E-state index is 0.183. The van der Waals surface area contributed by atoms with Gasteiger partial charge in [-0.15, -0.1) is 0 Å². The summed E-state index contributed by atoms with van der Waals surface area (Å²) >= 11 is 0. The summed E-state index contributed by atoms with van der Waals surface area (Å²) in [5.41, 5.74) is 7.22. The van der Waals surface area contributed by atoms with E-state index in [1.165, 1.54) is 12.1 Å². The minimum atomic E-state index is -1.82. The molecule has 1 unspecified atom stereocenters. The van der Waals surface area contributed by atoms with Crippen LogP contribution in [0, 0.1) is 11.7 Å². The second kappa shape index (κ2) is 11.6. The Morgan fingerprint density at radius 2 is 1.65 bits per heavy atom. The molecule has 2 rings (SSSR count). The zero-order valence-electron chi connectivity index (χ0n) is 17.7. The van der Waals surface area contributed by atoms with E-state index in [4.69, 9.17) is 5.73 Å². The van der Waals surface area contributed by atoms with E-state index < -0.39 is 37.0 Å². The van der Waals surface area contributed by atoms with E-state index >= 15 is 0 Å².